The first kappa shape index (κ1) is 12.3. The largest absolute Gasteiger partial charge is 0.478 e. The second kappa shape index (κ2) is 4.44. The fourth-order valence-electron chi connectivity index (χ4n) is 2.18. The van der Waals surface area contributed by atoms with E-state index in [1.54, 1.807) is 15.1 Å². The lowest BCUT2D eigenvalue weighted by atomic mass is 10.2. The highest BCUT2D eigenvalue weighted by molar-refractivity contribution is 5.87. The van der Waals surface area contributed by atoms with Crippen LogP contribution >= 0.6 is 0 Å². The van der Waals surface area contributed by atoms with Crippen LogP contribution in [-0.2, 0) is 13.5 Å². The molecule has 3 heterocycles. The van der Waals surface area contributed by atoms with Gasteiger partial charge in [0.1, 0.15) is 0 Å². The summed E-state index contributed by atoms with van der Waals surface area (Å²) in [5.74, 6) is -0.374. The first-order valence-electron chi connectivity index (χ1n) is 6.21. The van der Waals surface area contributed by atoms with Gasteiger partial charge in [0.05, 0.1) is 16.8 Å². The second-order valence-corrected chi connectivity index (χ2v) is 4.49. The number of hydrogen-bond acceptors (Lipinski definition) is 4. The van der Waals surface area contributed by atoms with E-state index in [1.165, 1.54) is 12.3 Å². The molecule has 0 saturated heterocycles. The van der Waals surface area contributed by atoms with Crippen LogP contribution in [0.3, 0.4) is 0 Å². The Morgan fingerprint density at radius 2 is 2.10 bits per heavy atom. The molecule has 7 heteroatoms. The standard InChI is InChI=1S/C13H13N5O2/c1-3-10-9(7-17(2)16-10)12-15-14-11-5-4-8(13(19)20)6-18(11)12/h4-7H,3H2,1-2H3,(H,19,20). The monoisotopic (exact) mass is 271 g/mol. The molecule has 7 nitrogen and oxygen atoms in total. The topological polar surface area (TPSA) is 85.3 Å². The van der Waals surface area contributed by atoms with Crippen molar-refractivity contribution in [3.05, 3.63) is 35.8 Å². The van der Waals surface area contributed by atoms with Gasteiger partial charge in [-0.25, -0.2) is 4.79 Å². The van der Waals surface area contributed by atoms with Gasteiger partial charge in [-0.05, 0) is 18.6 Å². The fourth-order valence-corrected chi connectivity index (χ4v) is 2.18. The third-order valence-electron chi connectivity index (χ3n) is 3.13. The van der Waals surface area contributed by atoms with E-state index in [0.29, 0.717) is 11.5 Å². The van der Waals surface area contributed by atoms with E-state index in [4.69, 9.17) is 5.11 Å². The van der Waals surface area contributed by atoms with E-state index in [9.17, 15) is 4.79 Å². The van der Waals surface area contributed by atoms with Crippen molar-refractivity contribution < 1.29 is 9.90 Å². The van der Waals surface area contributed by atoms with Crippen molar-refractivity contribution in [2.24, 2.45) is 7.05 Å². The van der Waals surface area contributed by atoms with Gasteiger partial charge in [0.15, 0.2) is 11.5 Å². The average molecular weight is 271 g/mol. The van der Waals surface area contributed by atoms with Crippen LogP contribution in [-0.4, -0.2) is 35.5 Å². The number of pyridine rings is 1. The quantitative estimate of drug-likeness (QED) is 0.778. The van der Waals surface area contributed by atoms with E-state index >= 15 is 0 Å². The van der Waals surface area contributed by atoms with Crippen LogP contribution in [0.1, 0.15) is 23.0 Å². The summed E-state index contributed by atoms with van der Waals surface area (Å²) in [5, 5.41) is 21.7. The number of hydrogen-bond donors (Lipinski definition) is 1. The number of aryl methyl sites for hydroxylation is 2. The highest BCUT2D eigenvalue weighted by atomic mass is 16.4. The molecule has 0 radical (unpaired) electrons. The predicted octanol–water partition coefficient (Wildman–Crippen LogP) is 1.39. The molecule has 3 rings (SSSR count). The van der Waals surface area contributed by atoms with Gasteiger partial charge in [0.25, 0.3) is 0 Å². The molecule has 0 aliphatic carbocycles. The number of nitrogens with zero attached hydrogens (tertiary/aromatic N) is 5. The molecular weight excluding hydrogens is 258 g/mol. The van der Waals surface area contributed by atoms with Gasteiger partial charge in [0.2, 0.25) is 0 Å². The molecule has 1 N–H and O–H groups in total. The molecule has 20 heavy (non-hydrogen) atoms. The van der Waals surface area contributed by atoms with Gasteiger partial charge in [-0.2, -0.15) is 5.10 Å². The van der Waals surface area contributed by atoms with E-state index in [-0.39, 0.29) is 5.56 Å². The van der Waals surface area contributed by atoms with Gasteiger partial charge in [-0.15, -0.1) is 10.2 Å². The van der Waals surface area contributed by atoms with E-state index in [0.717, 1.165) is 17.7 Å². The van der Waals surface area contributed by atoms with Gasteiger partial charge in [-0.3, -0.25) is 9.08 Å². The Bertz CT molecular complexity index is 802. The number of carbonyl (C=O) groups is 1. The maximum absolute atomic E-state index is 11.1. The van der Waals surface area contributed by atoms with Crippen molar-refractivity contribution in [1.82, 2.24) is 24.4 Å². The number of carboxylic acid groups (broad SMARTS) is 1. The minimum Gasteiger partial charge on any atom is -0.478 e. The molecule has 0 saturated carbocycles. The summed E-state index contributed by atoms with van der Waals surface area (Å²) in [7, 11) is 1.84. The molecule has 0 bridgehead atoms. The maximum atomic E-state index is 11.1. The first-order valence-corrected chi connectivity index (χ1v) is 6.21. The number of carboxylic acids is 1. The summed E-state index contributed by atoms with van der Waals surface area (Å²) in [4.78, 5) is 11.1. The SMILES string of the molecule is CCc1nn(C)cc1-c1nnc2ccc(C(=O)O)cn12. The number of fused-ring (bicyclic) bond motifs is 1. The van der Waals surface area contributed by atoms with Crippen LogP contribution in [0, 0.1) is 0 Å². The molecule has 0 spiro atoms. The molecule has 0 unspecified atom stereocenters. The Hall–Kier alpha value is -2.70. The highest BCUT2D eigenvalue weighted by Crippen LogP contribution is 2.22. The second-order valence-electron chi connectivity index (χ2n) is 4.49. The molecule has 0 fully saturated rings. The van der Waals surface area contributed by atoms with Crippen molar-refractivity contribution in [1.29, 1.82) is 0 Å². The van der Waals surface area contributed by atoms with E-state index in [2.05, 4.69) is 15.3 Å². The Labute approximate surface area is 114 Å². The Morgan fingerprint density at radius 1 is 1.30 bits per heavy atom. The minimum absolute atomic E-state index is 0.195. The molecule has 0 aromatic carbocycles. The molecule has 0 aliphatic heterocycles. The summed E-state index contributed by atoms with van der Waals surface area (Å²) in [6, 6.07) is 3.15. The van der Waals surface area contributed by atoms with Crippen molar-refractivity contribution >= 4 is 11.6 Å². The zero-order valence-corrected chi connectivity index (χ0v) is 11.1. The number of aromatic carboxylic acids is 1. The molecule has 102 valence electrons. The molecular formula is C13H13N5O2. The summed E-state index contributed by atoms with van der Waals surface area (Å²) in [6.07, 6.45) is 4.16. The summed E-state index contributed by atoms with van der Waals surface area (Å²) < 4.78 is 3.40. The van der Waals surface area contributed by atoms with Crippen molar-refractivity contribution in [2.45, 2.75) is 13.3 Å². The third kappa shape index (κ3) is 1.83. The molecule has 3 aromatic rings. The van der Waals surface area contributed by atoms with Crippen LogP contribution in [0.15, 0.2) is 24.5 Å². The smallest absolute Gasteiger partial charge is 0.337 e. The normalized spacial score (nSPS) is 11.1. The van der Waals surface area contributed by atoms with Crippen molar-refractivity contribution in [2.75, 3.05) is 0 Å². The van der Waals surface area contributed by atoms with Crippen LogP contribution in [0.5, 0.6) is 0 Å². The lowest BCUT2D eigenvalue weighted by molar-refractivity contribution is 0.0696. The zero-order valence-electron chi connectivity index (χ0n) is 11.1. The summed E-state index contributed by atoms with van der Waals surface area (Å²) >= 11 is 0. The Kier molecular flexibility index (Phi) is 2.74. The molecule has 3 aromatic heterocycles. The van der Waals surface area contributed by atoms with Crippen molar-refractivity contribution in [3.63, 3.8) is 0 Å². The first-order chi connectivity index (χ1) is 9.60. The number of aromatic nitrogens is 5. The van der Waals surface area contributed by atoms with Crippen LogP contribution in [0.4, 0.5) is 0 Å². The average Bonchev–Trinajstić information content (AvgIpc) is 3.00. The van der Waals surface area contributed by atoms with Gasteiger partial charge >= 0.3 is 5.97 Å². The number of rotatable bonds is 3. The van der Waals surface area contributed by atoms with Gasteiger partial charge < -0.3 is 5.11 Å². The fraction of sp³-hybridized carbons (Fsp3) is 0.231. The maximum Gasteiger partial charge on any atom is 0.337 e. The lowest BCUT2D eigenvalue weighted by Crippen LogP contribution is -2.00. The van der Waals surface area contributed by atoms with E-state index < -0.39 is 5.97 Å². The molecule has 0 aliphatic rings. The summed E-state index contributed by atoms with van der Waals surface area (Å²) in [6.45, 7) is 2.01. The van der Waals surface area contributed by atoms with Crippen LogP contribution in [0.25, 0.3) is 17.0 Å². The summed E-state index contributed by atoms with van der Waals surface area (Å²) in [5.41, 5.74) is 2.57. The van der Waals surface area contributed by atoms with Crippen molar-refractivity contribution in [3.8, 4) is 11.4 Å². The van der Waals surface area contributed by atoms with E-state index in [1.807, 2.05) is 20.2 Å². The third-order valence-corrected chi connectivity index (χ3v) is 3.13. The molecule has 0 atom stereocenters. The Morgan fingerprint density at radius 3 is 2.80 bits per heavy atom. The van der Waals surface area contributed by atoms with Gasteiger partial charge in [0, 0.05) is 19.4 Å². The van der Waals surface area contributed by atoms with Crippen LogP contribution < -0.4 is 0 Å². The predicted molar refractivity (Wildman–Crippen MR) is 71.5 cm³/mol. The van der Waals surface area contributed by atoms with Gasteiger partial charge in [-0.1, -0.05) is 6.92 Å². The highest BCUT2D eigenvalue weighted by Gasteiger charge is 2.16. The minimum atomic E-state index is -0.978. The lowest BCUT2D eigenvalue weighted by Gasteiger charge is -2.00. The Balaban J connectivity index is 2.25. The zero-order chi connectivity index (χ0) is 14.3. The molecule has 0 amide bonds. The van der Waals surface area contributed by atoms with Crippen LogP contribution in [0.2, 0.25) is 0 Å².